The molecule has 0 aromatic carbocycles. The van der Waals surface area contributed by atoms with Gasteiger partial charge in [0.2, 0.25) is 0 Å². The van der Waals surface area contributed by atoms with Gasteiger partial charge in [0.25, 0.3) is 0 Å². The molecule has 2 rings (SSSR count). The van der Waals surface area contributed by atoms with Gasteiger partial charge in [-0.3, -0.25) is 0 Å². The third-order valence-electron chi connectivity index (χ3n) is 3.36. The molecule has 5 nitrogen and oxygen atoms in total. The fourth-order valence-electron chi connectivity index (χ4n) is 2.29. The highest BCUT2D eigenvalue weighted by Crippen LogP contribution is 2.24. The first kappa shape index (κ1) is 12.1. The Bertz CT molecular complexity index is 376. The number of ether oxygens (including phenoxy) is 1. The molecule has 1 aromatic rings. The molecule has 1 aliphatic heterocycles. The summed E-state index contributed by atoms with van der Waals surface area (Å²) >= 11 is 0. The number of methoxy groups -OCH3 is 1. The summed E-state index contributed by atoms with van der Waals surface area (Å²) in [4.78, 5) is 10.7. The molecule has 17 heavy (non-hydrogen) atoms. The summed E-state index contributed by atoms with van der Waals surface area (Å²) < 4.78 is 5.50. The molecule has 1 fully saturated rings. The Balaban J connectivity index is 2.17. The van der Waals surface area contributed by atoms with Crippen molar-refractivity contribution in [3.8, 4) is 0 Å². The first-order valence-electron chi connectivity index (χ1n) is 5.99. The van der Waals surface area contributed by atoms with E-state index in [-0.39, 0.29) is 6.10 Å². The van der Waals surface area contributed by atoms with Crippen LogP contribution in [0.15, 0.2) is 6.07 Å². The summed E-state index contributed by atoms with van der Waals surface area (Å²) in [7, 11) is 1.77. The van der Waals surface area contributed by atoms with Crippen LogP contribution < -0.4 is 10.6 Å². The third-order valence-corrected chi connectivity index (χ3v) is 3.36. The molecule has 0 radical (unpaired) electrons. The van der Waals surface area contributed by atoms with Gasteiger partial charge in [0.15, 0.2) is 0 Å². The number of nitrogens with zero attached hydrogens (tertiary/aromatic N) is 3. The lowest BCUT2D eigenvalue weighted by molar-refractivity contribution is 0.0496. The Morgan fingerprint density at radius 1 is 1.47 bits per heavy atom. The maximum Gasteiger partial charge on any atom is 0.134 e. The minimum absolute atomic E-state index is 0.264. The summed E-state index contributed by atoms with van der Waals surface area (Å²) in [6.45, 7) is 5.95. The van der Waals surface area contributed by atoms with Crippen LogP contribution in [0.2, 0.25) is 0 Å². The van der Waals surface area contributed by atoms with Crippen molar-refractivity contribution in [1.82, 2.24) is 9.97 Å². The van der Waals surface area contributed by atoms with Crippen LogP contribution in [0.1, 0.15) is 19.2 Å². The molecule has 0 amide bonds. The second kappa shape index (κ2) is 4.87. The highest BCUT2D eigenvalue weighted by atomic mass is 16.5. The van der Waals surface area contributed by atoms with Gasteiger partial charge in [-0.15, -0.1) is 0 Å². The quantitative estimate of drug-likeness (QED) is 0.836. The van der Waals surface area contributed by atoms with Crippen LogP contribution in [0.3, 0.4) is 0 Å². The van der Waals surface area contributed by atoms with E-state index in [0.29, 0.717) is 17.6 Å². The van der Waals surface area contributed by atoms with Gasteiger partial charge in [-0.05, 0) is 19.3 Å². The van der Waals surface area contributed by atoms with Crippen LogP contribution in [0.5, 0.6) is 0 Å². The van der Waals surface area contributed by atoms with Crippen molar-refractivity contribution in [3.63, 3.8) is 0 Å². The standard InChI is InChI=1S/C12H20N4O/c1-8-4-5-16(7-10(8)17-3)12-6-11(13)14-9(2)15-12/h6,8,10H,4-5,7H2,1-3H3,(H2,13,14,15). The molecular formula is C12H20N4O. The lowest BCUT2D eigenvalue weighted by atomic mass is 9.96. The maximum atomic E-state index is 5.75. The number of aromatic nitrogens is 2. The first-order valence-corrected chi connectivity index (χ1v) is 5.99. The zero-order valence-corrected chi connectivity index (χ0v) is 10.7. The van der Waals surface area contributed by atoms with Gasteiger partial charge in [-0.2, -0.15) is 0 Å². The van der Waals surface area contributed by atoms with E-state index in [1.54, 1.807) is 7.11 Å². The first-order chi connectivity index (χ1) is 8.10. The van der Waals surface area contributed by atoms with Crippen molar-refractivity contribution >= 4 is 11.6 Å². The lowest BCUT2D eigenvalue weighted by Gasteiger charge is -2.36. The molecule has 2 unspecified atom stereocenters. The van der Waals surface area contributed by atoms with E-state index in [0.717, 1.165) is 25.3 Å². The fraction of sp³-hybridized carbons (Fsp3) is 0.667. The maximum absolute atomic E-state index is 5.75. The zero-order chi connectivity index (χ0) is 12.4. The third kappa shape index (κ3) is 2.66. The van der Waals surface area contributed by atoms with E-state index in [1.165, 1.54) is 0 Å². The number of hydrogen-bond donors (Lipinski definition) is 1. The molecule has 5 heteroatoms. The number of nitrogens with two attached hydrogens (primary N) is 1. The summed E-state index contributed by atoms with van der Waals surface area (Å²) in [6, 6.07) is 1.83. The average molecular weight is 236 g/mol. The van der Waals surface area contributed by atoms with Crippen molar-refractivity contribution < 1.29 is 4.74 Å². The number of rotatable bonds is 2. The van der Waals surface area contributed by atoms with Crippen molar-refractivity contribution in [1.29, 1.82) is 0 Å². The molecule has 0 bridgehead atoms. The topological polar surface area (TPSA) is 64.3 Å². The van der Waals surface area contributed by atoms with Crippen molar-refractivity contribution in [2.45, 2.75) is 26.4 Å². The monoisotopic (exact) mass is 236 g/mol. The molecule has 0 aliphatic carbocycles. The van der Waals surface area contributed by atoms with Crippen LogP contribution in [-0.2, 0) is 4.74 Å². The number of anilines is 2. The summed E-state index contributed by atoms with van der Waals surface area (Å²) in [5.41, 5.74) is 5.75. The average Bonchev–Trinajstić information content (AvgIpc) is 2.28. The molecule has 94 valence electrons. The van der Waals surface area contributed by atoms with Gasteiger partial charge in [0.1, 0.15) is 17.5 Å². The Labute approximate surface area is 102 Å². The van der Waals surface area contributed by atoms with Gasteiger partial charge in [0, 0.05) is 26.3 Å². The Morgan fingerprint density at radius 3 is 2.88 bits per heavy atom. The zero-order valence-electron chi connectivity index (χ0n) is 10.7. The Kier molecular flexibility index (Phi) is 3.47. The van der Waals surface area contributed by atoms with E-state index in [1.807, 2.05) is 13.0 Å². The molecular weight excluding hydrogens is 216 g/mol. The van der Waals surface area contributed by atoms with Gasteiger partial charge in [-0.1, -0.05) is 6.92 Å². The van der Waals surface area contributed by atoms with Gasteiger partial charge >= 0.3 is 0 Å². The van der Waals surface area contributed by atoms with Crippen LogP contribution in [0, 0.1) is 12.8 Å². The van der Waals surface area contributed by atoms with E-state index in [9.17, 15) is 0 Å². The molecule has 2 N–H and O–H groups in total. The largest absolute Gasteiger partial charge is 0.384 e. The second-order valence-electron chi connectivity index (χ2n) is 4.68. The van der Waals surface area contributed by atoms with Crippen molar-refractivity contribution in [2.24, 2.45) is 5.92 Å². The molecule has 0 saturated carbocycles. The minimum Gasteiger partial charge on any atom is -0.384 e. The molecule has 1 aromatic heterocycles. The van der Waals surface area contributed by atoms with Crippen LogP contribution >= 0.6 is 0 Å². The van der Waals surface area contributed by atoms with Crippen molar-refractivity contribution in [2.75, 3.05) is 30.8 Å². The highest BCUT2D eigenvalue weighted by molar-refractivity contribution is 5.47. The predicted octanol–water partition coefficient (Wildman–Crippen LogP) is 1.23. The molecule has 1 aliphatic rings. The number of aryl methyl sites for hydroxylation is 1. The number of hydrogen-bond acceptors (Lipinski definition) is 5. The minimum atomic E-state index is 0.264. The van der Waals surface area contributed by atoms with E-state index >= 15 is 0 Å². The summed E-state index contributed by atoms with van der Waals surface area (Å²) in [5, 5.41) is 0. The lowest BCUT2D eigenvalue weighted by Crippen LogP contribution is -2.44. The second-order valence-corrected chi connectivity index (χ2v) is 4.68. The number of piperidine rings is 1. The molecule has 2 atom stereocenters. The molecule has 0 spiro atoms. The molecule has 1 saturated heterocycles. The fourth-order valence-corrected chi connectivity index (χ4v) is 2.29. The van der Waals surface area contributed by atoms with Crippen LogP contribution in [0.25, 0.3) is 0 Å². The van der Waals surface area contributed by atoms with E-state index in [4.69, 9.17) is 10.5 Å². The van der Waals surface area contributed by atoms with Crippen LogP contribution in [-0.4, -0.2) is 36.3 Å². The predicted molar refractivity (Wildman–Crippen MR) is 68.0 cm³/mol. The van der Waals surface area contributed by atoms with Crippen LogP contribution in [0.4, 0.5) is 11.6 Å². The van der Waals surface area contributed by atoms with Crippen molar-refractivity contribution in [3.05, 3.63) is 11.9 Å². The molecule has 2 heterocycles. The van der Waals surface area contributed by atoms with Gasteiger partial charge < -0.3 is 15.4 Å². The van der Waals surface area contributed by atoms with Gasteiger partial charge in [0.05, 0.1) is 6.10 Å². The van der Waals surface area contributed by atoms with E-state index < -0.39 is 0 Å². The summed E-state index contributed by atoms with van der Waals surface area (Å²) in [5.74, 6) is 2.74. The number of nitrogen functional groups attached to an aromatic ring is 1. The smallest absolute Gasteiger partial charge is 0.134 e. The Hall–Kier alpha value is -1.36. The van der Waals surface area contributed by atoms with Gasteiger partial charge in [-0.25, -0.2) is 9.97 Å². The van der Waals surface area contributed by atoms with E-state index in [2.05, 4.69) is 21.8 Å². The normalized spacial score (nSPS) is 25.0. The Morgan fingerprint density at radius 2 is 2.24 bits per heavy atom. The SMILES string of the molecule is COC1CN(c2cc(N)nc(C)n2)CCC1C. The summed E-state index contributed by atoms with van der Waals surface area (Å²) in [6.07, 6.45) is 1.38. The highest BCUT2D eigenvalue weighted by Gasteiger charge is 2.26.